The smallest absolute Gasteiger partial charge is 0.410 e. The lowest BCUT2D eigenvalue weighted by Crippen LogP contribution is -2.43. The van der Waals surface area contributed by atoms with E-state index < -0.39 is 22.0 Å². The fourth-order valence-electron chi connectivity index (χ4n) is 5.01. The van der Waals surface area contributed by atoms with E-state index in [4.69, 9.17) is 4.74 Å². The van der Waals surface area contributed by atoms with Gasteiger partial charge in [-0.2, -0.15) is 4.31 Å². The molecule has 38 heavy (non-hydrogen) atoms. The van der Waals surface area contributed by atoms with Crippen LogP contribution >= 0.6 is 11.3 Å². The lowest BCUT2D eigenvalue weighted by Gasteiger charge is -2.34. The average Bonchev–Trinajstić information content (AvgIpc) is 3.29. The summed E-state index contributed by atoms with van der Waals surface area (Å²) in [6.45, 7) is 5.21. The Kier molecular flexibility index (Phi) is 8.74. The van der Waals surface area contributed by atoms with Crippen LogP contribution in [0.1, 0.15) is 70.7 Å². The van der Waals surface area contributed by atoms with Crippen molar-refractivity contribution in [1.82, 2.24) is 14.5 Å². The van der Waals surface area contributed by atoms with Crippen LogP contribution in [-0.2, 0) is 27.7 Å². The topological polar surface area (TPSA) is 125 Å². The summed E-state index contributed by atoms with van der Waals surface area (Å²) in [5.41, 5.74) is 1.47. The zero-order chi connectivity index (χ0) is 27.4. The average molecular weight is 563 g/mol. The van der Waals surface area contributed by atoms with Gasteiger partial charge >= 0.3 is 6.09 Å². The molecule has 0 aliphatic carbocycles. The number of nitrogens with zero attached hydrogens (tertiary/aromatic N) is 2. The van der Waals surface area contributed by atoms with Crippen molar-refractivity contribution >= 4 is 44.3 Å². The van der Waals surface area contributed by atoms with Crippen LogP contribution in [0.2, 0.25) is 0 Å². The van der Waals surface area contributed by atoms with Gasteiger partial charge in [-0.05, 0) is 62.4 Å². The van der Waals surface area contributed by atoms with E-state index >= 15 is 0 Å². The molecular formula is C26H34N4O6S2. The largest absolute Gasteiger partial charge is 0.450 e. The number of rotatable bonds is 7. The highest BCUT2D eigenvalue weighted by Crippen LogP contribution is 2.37. The third kappa shape index (κ3) is 5.57. The summed E-state index contributed by atoms with van der Waals surface area (Å²) in [6, 6.07) is 5.89. The summed E-state index contributed by atoms with van der Waals surface area (Å²) in [6.07, 6.45) is 3.53. The van der Waals surface area contributed by atoms with Gasteiger partial charge in [-0.15, -0.1) is 11.3 Å². The number of amides is 3. The number of carbonyl (C=O) groups is 3. The number of anilines is 1. The maximum Gasteiger partial charge on any atom is 0.410 e. The summed E-state index contributed by atoms with van der Waals surface area (Å²) >= 11 is 1.25. The second-order valence-electron chi connectivity index (χ2n) is 9.31. The lowest BCUT2D eigenvalue weighted by molar-refractivity contribution is 0.0961. The quantitative estimate of drug-likeness (QED) is 0.529. The van der Waals surface area contributed by atoms with Gasteiger partial charge in [-0.25, -0.2) is 13.2 Å². The van der Waals surface area contributed by atoms with Crippen LogP contribution in [0.15, 0.2) is 29.2 Å². The molecule has 0 saturated carbocycles. The number of carbonyl (C=O) groups excluding carboxylic acids is 3. The standard InChI is InChI=1S/C26H34N4O6S2/c1-4-18-8-6-7-14-30(18)38(34,35)19-11-9-17(10-12-19)23(31)28-25-22(24(32)27-3)20-13-15-29(16-21(20)37-25)26(33)36-5-2/h9-12,18H,4-8,13-16H2,1-3H3,(H,27,32)(H,28,31)/t18-/m1/s1. The Morgan fingerprint density at radius 1 is 1.08 bits per heavy atom. The molecule has 0 bridgehead atoms. The zero-order valence-corrected chi connectivity index (χ0v) is 23.5. The number of fused-ring (bicyclic) bond motifs is 1. The highest BCUT2D eigenvalue weighted by atomic mass is 32.2. The number of benzene rings is 1. The van der Waals surface area contributed by atoms with Crippen molar-refractivity contribution in [1.29, 1.82) is 0 Å². The van der Waals surface area contributed by atoms with Gasteiger partial charge in [0.05, 0.1) is 23.6 Å². The number of thiophene rings is 1. The molecule has 1 aromatic carbocycles. The van der Waals surface area contributed by atoms with E-state index in [-0.39, 0.29) is 29.0 Å². The molecule has 2 N–H and O–H groups in total. The fourth-order valence-corrected chi connectivity index (χ4v) is 8.04. The highest BCUT2D eigenvalue weighted by Gasteiger charge is 2.33. The van der Waals surface area contributed by atoms with Crippen LogP contribution in [0.3, 0.4) is 0 Å². The normalized spacial score (nSPS) is 18.0. The van der Waals surface area contributed by atoms with Gasteiger partial charge in [-0.3, -0.25) is 9.59 Å². The van der Waals surface area contributed by atoms with Gasteiger partial charge in [0.15, 0.2) is 0 Å². The Morgan fingerprint density at radius 3 is 2.47 bits per heavy atom. The number of piperidine rings is 1. The predicted octanol–water partition coefficient (Wildman–Crippen LogP) is 3.83. The van der Waals surface area contributed by atoms with Gasteiger partial charge in [0, 0.05) is 36.6 Å². The van der Waals surface area contributed by atoms with Crippen molar-refractivity contribution in [2.45, 2.75) is 63.4 Å². The van der Waals surface area contributed by atoms with E-state index in [2.05, 4.69) is 10.6 Å². The molecule has 1 fully saturated rings. The Morgan fingerprint density at radius 2 is 1.82 bits per heavy atom. The molecule has 4 rings (SSSR count). The van der Waals surface area contributed by atoms with Crippen molar-refractivity contribution in [3.63, 3.8) is 0 Å². The number of nitrogens with one attached hydrogen (secondary N) is 2. The maximum absolute atomic E-state index is 13.3. The monoisotopic (exact) mass is 562 g/mol. The van der Waals surface area contributed by atoms with Gasteiger partial charge < -0.3 is 20.3 Å². The third-order valence-electron chi connectivity index (χ3n) is 7.03. The molecule has 1 aromatic heterocycles. The van der Waals surface area contributed by atoms with E-state index in [0.29, 0.717) is 36.6 Å². The second kappa shape index (κ2) is 11.8. The minimum Gasteiger partial charge on any atom is -0.450 e. The van der Waals surface area contributed by atoms with E-state index in [1.165, 1.54) is 42.6 Å². The van der Waals surface area contributed by atoms with Gasteiger partial charge in [0.1, 0.15) is 5.00 Å². The number of sulfonamides is 1. The minimum atomic E-state index is -3.66. The van der Waals surface area contributed by atoms with E-state index in [9.17, 15) is 22.8 Å². The lowest BCUT2D eigenvalue weighted by atomic mass is 10.0. The molecule has 0 unspecified atom stereocenters. The maximum atomic E-state index is 13.3. The molecule has 2 aliphatic rings. The van der Waals surface area contributed by atoms with Crippen LogP contribution in [0.5, 0.6) is 0 Å². The molecule has 1 atom stereocenters. The zero-order valence-electron chi connectivity index (χ0n) is 21.9. The molecule has 3 amide bonds. The van der Waals surface area contributed by atoms with Gasteiger partial charge in [0.25, 0.3) is 11.8 Å². The van der Waals surface area contributed by atoms with Crippen LogP contribution in [0.25, 0.3) is 0 Å². The SMILES string of the molecule is CCOC(=O)N1CCc2c(sc(NC(=O)c3ccc(S(=O)(=O)N4CCCC[C@H]4CC)cc3)c2C(=O)NC)C1. The first-order chi connectivity index (χ1) is 18.2. The van der Waals surface area contributed by atoms with Crippen LogP contribution < -0.4 is 10.6 Å². The van der Waals surface area contributed by atoms with Crippen molar-refractivity contribution in [2.24, 2.45) is 0 Å². The van der Waals surface area contributed by atoms with Crippen LogP contribution in [0.4, 0.5) is 9.80 Å². The third-order valence-corrected chi connectivity index (χ3v) is 10.1. The van der Waals surface area contributed by atoms with Gasteiger partial charge in [0.2, 0.25) is 10.0 Å². The summed E-state index contributed by atoms with van der Waals surface area (Å²) in [4.78, 5) is 40.6. The Bertz CT molecular complexity index is 1310. The molecule has 12 heteroatoms. The Labute approximate surface area is 227 Å². The van der Waals surface area contributed by atoms with Crippen molar-refractivity contribution < 1.29 is 27.5 Å². The van der Waals surface area contributed by atoms with Crippen molar-refractivity contribution in [3.8, 4) is 0 Å². The minimum absolute atomic E-state index is 0.00975. The first-order valence-electron chi connectivity index (χ1n) is 12.9. The molecule has 206 valence electrons. The second-order valence-corrected chi connectivity index (χ2v) is 12.3. The molecule has 2 aliphatic heterocycles. The van der Waals surface area contributed by atoms with Crippen LogP contribution in [0, 0.1) is 0 Å². The Balaban J connectivity index is 1.54. The number of hydrogen-bond acceptors (Lipinski definition) is 7. The van der Waals surface area contributed by atoms with E-state index in [1.807, 2.05) is 6.92 Å². The highest BCUT2D eigenvalue weighted by molar-refractivity contribution is 7.89. The predicted molar refractivity (Wildman–Crippen MR) is 145 cm³/mol. The first kappa shape index (κ1) is 28.1. The van der Waals surface area contributed by atoms with Crippen LogP contribution in [-0.4, -0.2) is 68.3 Å². The molecule has 3 heterocycles. The number of hydrogen-bond donors (Lipinski definition) is 2. The molecule has 1 saturated heterocycles. The molecular weight excluding hydrogens is 528 g/mol. The fraction of sp³-hybridized carbons (Fsp3) is 0.500. The Hall–Kier alpha value is -2.96. The van der Waals surface area contributed by atoms with E-state index in [1.54, 1.807) is 16.1 Å². The van der Waals surface area contributed by atoms with Crippen molar-refractivity contribution in [2.75, 3.05) is 32.1 Å². The molecule has 2 aromatic rings. The summed E-state index contributed by atoms with van der Waals surface area (Å²) in [5.74, 6) is -0.778. The number of ether oxygens (including phenoxy) is 1. The molecule has 0 radical (unpaired) electrons. The molecule has 10 nitrogen and oxygen atoms in total. The summed E-state index contributed by atoms with van der Waals surface area (Å²) < 4.78 is 33.2. The van der Waals surface area contributed by atoms with Crippen molar-refractivity contribution in [3.05, 3.63) is 45.8 Å². The summed E-state index contributed by atoms with van der Waals surface area (Å²) in [7, 11) is -2.13. The first-order valence-corrected chi connectivity index (χ1v) is 15.2. The van der Waals surface area contributed by atoms with Gasteiger partial charge in [-0.1, -0.05) is 13.3 Å². The summed E-state index contributed by atoms with van der Waals surface area (Å²) in [5, 5.41) is 5.85. The van der Waals surface area contributed by atoms with E-state index in [0.717, 1.165) is 36.1 Å². The molecule has 0 spiro atoms.